The summed E-state index contributed by atoms with van der Waals surface area (Å²) in [6, 6.07) is 0. The van der Waals surface area contributed by atoms with E-state index < -0.39 is 5.97 Å². The SMILES string of the molecule is CCCCCCC#Cc1cscc1C=CC(=O)O. The predicted octanol–water partition coefficient (Wildman–Crippen LogP) is 4.17. The Hall–Kier alpha value is -1.53. The maximum atomic E-state index is 10.4. The fourth-order valence-electron chi connectivity index (χ4n) is 1.50. The van der Waals surface area contributed by atoms with E-state index in [0.29, 0.717) is 0 Å². The maximum absolute atomic E-state index is 10.4. The Morgan fingerprint density at radius 3 is 2.94 bits per heavy atom. The van der Waals surface area contributed by atoms with Crippen molar-refractivity contribution in [1.29, 1.82) is 0 Å². The Bertz CT molecular complexity index is 460. The van der Waals surface area contributed by atoms with Gasteiger partial charge >= 0.3 is 5.97 Å². The third-order valence-corrected chi connectivity index (χ3v) is 3.24. The highest BCUT2D eigenvalue weighted by Crippen LogP contribution is 2.15. The van der Waals surface area contributed by atoms with E-state index in [4.69, 9.17) is 5.11 Å². The van der Waals surface area contributed by atoms with Crippen molar-refractivity contribution >= 4 is 23.4 Å². The molecular weight excluding hydrogens is 244 g/mol. The van der Waals surface area contributed by atoms with Crippen LogP contribution in [0, 0.1) is 11.8 Å². The first-order valence-electron chi connectivity index (χ1n) is 6.20. The molecule has 1 rings (SSSR count). The van der Waals surface area contributed by atoms with Gasteiger partial charge in [-0.25, -0.2) is 4.79 Å². The lowest BCUT2D eigenvalue weighted by molar-refractivity contribution is -0.131. The van der Waals surface area contributed by atoms with Gasteiger partial charge in [-0.1, -0.05) is 38.0 Å². The first-order chi connectivity index (χ1) is 8.74. The van der Waals surface area contributed by atoms with Crippen LogP contribution in [-0.2, 0) is 4.79 Å². The Morgan fingerprint density at radius 2 is 2.22 bits per heavy atom. The van der Waals surface area contributed by atoms with Crippen molar-refractivity contribution in [3.05, 3.63) is 28.0 Å². The number of hydrogen-bond donors (Lipinski definition) is 1. The smallest absolute Gasteiger partial charge is 0.328 e. The second-order valence-electron chi connectivity index (χ2n) is 4.02. The maximum Gasteiger partial charge on any atom is 0.328 e. The van der Waals surface area contributed by atoms with Crippen LogP contribution in [0.3, 0.4) is 0 Å². The molecular formula is C15H18O2S. The van der Waals surface area contributed by atoms with E-state index in [1.807, 2.05) is 10.8 Å². The average Bonchev–Trinajstić information content (AvgIpc) is 2.78. The van der Waals surface area contributed by atoms with E-state index in [1.165, 1.54) is 19.3 Å². The first kappa shape index (κ1) is 14.5. The molecule has 0 spiro atoms. The normalized spacial score (nSPS) is 10.3. The van der Waals surface area contributed by atoms with Crippen molar-refractivity contribution in [2.24, 2.45) is 0 Å². The summed E-state index contributed by atoms with van der Waals surface area (Å²) >= 11 is 1.54. The van der Waals surface area contributed by atoms with Gasteiger partial charge in [-0.15, -0.1) is 0 Å². The lowest BCUT2D eigenvalue weighted by atomic mass is 10.1. The van der Waals surface area contributed by atoms with Crippen molar-refractivity contribution in [1.82, 2.24) is 0 Å². The summed E-state index contributed by atoms with van der Waals surface area (Å²) in [6.07, 6.45) is 8.55. The van der Waals surface area contributed by atoms with Gasteiger partial charge in [0.1, 0.15) is 0 Å². The zero-order valence-corrected chi connectivity index (χ0v) is 11.4. The largest absolute Gasteiger partial charge is 0.478 e. The van der Waals surface area contributed by atoms with Crippen molar-refractivity contribution in [3.8, 4) is 11.8 Å². The number of thiophene rings is 1. The molecule has 0 atom stereocenters. The van der Waals surface area contributed by atoms with Crippen molar-refractivity contribution in [2.75, 3.05) is 0 Å². The first-order valence-corrected chi connectivity index (χ1v) is 7.14. The highest BCUT2D eigenvalue weighted by Gasteiger charge is 1.97. The molecule has 96 valence electrons. The standard InChI is InChI=1S/C15H18O2S/c1-2-3-4-5-6-7-8-13-11-18-12-14(13)9-10-15(16)17/h9-12H,2-6H2,1H3,(H,16,17). The summed E-state index contributed by atoms with van der Waals surface area (Å²) in [5.41, 5.74) is 1.82. The van der Waals surface area contributed by atoms with Gasteiger partial charge < -0.3 is 5.11 Å². The van der Waals surface area contributed by atoms with Crippen LogP contribution >= 0.6 is 11.3 Å². The number of unbranched alkanes of at least 4 members (excludes halogenated alkanes) is 4. The zero-order chi connectivity index (χ0) is 13.2. The molecule has 1 aromatic heterocycles. The number of carboxylic acid groups (broad SMARTS) is 1. The van der Waals surface area contributed by atoms with E-state index in [0.717, 1.165) is 30.0 Å². The molecule has 0 aliphatic rings. The molecule has 0 aliphatic carbocycles. The zero-order valence-electron chi connectivity index (χ0n) is 10.6. The van der Waals surface area contributed by atoms with Crippen LogP contribution < -0.4 is 0 Å². The second kappa shape index (κ2) is 8.54. The summed E-state index contributed by atoms with van der Waals surface area (Å²) in [7, 11) is 0. The summed E-state index contributed by atoms with van der Waals surface area (Å²) in [6.45, 7) is 2.19. The van der Waals surface area contributed by atoms with Crippen molar-refractivity contribution in [3.63, 3.8) is 0 Å². The molecule has 1 N–H and O–H groups in total. The number of aliphatic carboxylic acids is 1. The summed E-state index contributed by atoms with van der Waals surface area (Å²) in [4.78, 5) is 10.4. The number of hydrogen-bond acceptors (Lipinski definition) is 2. The highest BCUT2D eigenvalue weighted by molar-refractivity contribution is 7.08. The van der Waals surface area contributed by atoms with E-state index in [2.05, 4.69) is 18.8 Å². The van der Waals surface area contributed by atoms with Crippen LogP contribution in [0.5, 0.6) is 0 Å². The fraction of sp³-hybridized carbons (Fsp3) is 0.400. The van der Waals surface area contributed by atoms with Crippen LogP contribution in [0.25, 0.3) is 6.08 Å². The molecule has 0 amide bonds. The molecule has 0 radical (unpaired) electrons. The Labute approximate surface area is 112 Å². The Kier molecular flexibility index (Phi) is 6.90. The summed E-state index contributed by atoms with van der Waals surface area (Å²) in [5.74, 6) is 5.33. The minimum Gasteiger partial charge on any atom is -0.478 e. The molecule has 0 aliphatic heterocycles. The van der Waals surface area contributed by atoms with E-state index in [-0.39, 0.29) is 0 Å². The molecule has 1 aromatic rings. The Morgan fingerprint density at radius 1 is 1.39 bits per heavy atom. The molecule has 2 nitrogen and oxygen atoms in total. The molecule has 0 bridgehead atoms. The third-order valence-electron chi connectivity index (χ3n) is 2.48. The molecule has 0 unspecified atom stereocenters. The van der Waals surface area contributed by atoms with Crippen molar-refractivity contribution < 1.29 is 9.90 Å². The molecule has 3 heteroatoms. The molecule has 0 saturated heterocycles. The van der Waals surface area contributed by atoms with Crippen LogP contribution in [-0.4, -0.2) is 11.1 Å². The van der Waals surface area contributed by atoms with Crippen LogP contribution in [0.4, 0.5) is 0 Å². The third kappa shape index (κ3) is 5.70. The molecule has 0 aromatic carbocycles. The number of carbonyl (C=O) groups is 1. The van der Waals surface area contributed by atoms with Gasteiger partial charge in [0.2, 0.25) is 0 Å². The van der Waals surface area contributed by atoms with E-state index in [9.17, 15) is 4.79 Å². The van der Waals surface area contributed by atoms with Crippen LogP contribution in [0.1, 0.15) is 50.2 Å². The van der Waals surface area contributed by atoms with Gasteiger partial charge in [0.25, 0.3) is 0 Å². The van der Waals surface area contributed by atoms with Gasteiger partial charge in [0, 0.05) is 29.0 Å². The minimum absolute atomic E-state index is 0.892. The molecule has 0 fully saturated rings. The average molecular weight is 262 g/mol. The van der Waals surface area contributed by atoms with Crippen LogP contribution in [0.2, 0.25) is 0 Å². The number of rotatable bonds is 6. The van der Waals surface area contributed by atoms with Gasteiger partial charge in [0.05, 0.1) is 0 Å². The lowest BCUT2D eigenvalue weighted by Gasteiger charge is -1.92. The monoisotopic (exact) mass is 262 g/mol. The summed E-state index contributed by atoms with van der Waals surface area (Å²) in [5, 5.41) is 12.5. The predicted molar refractivity (Wildman–Crippen MR) is 76.6 cm³/mol. The molecule has 1 heterocycles. The van der Waals surface area contributed by atoms with Gasteiger partial charge in [-0.3, -0.25) is 0 Å². The molecule has 18 heavy (non-hydrogen) atoms. The van der Waals surface area contributed by atoms with Gasteiger partial charge in [-0.2, -0.15) is 11.3 Å². The lowest BCUT2D eigenvalue weighted by Crippen LogP contribution is -1.85. The Balaban J connectivity index is 2.50. The topological polar surface area (TPSA) is 37.3 Å². The van der Waals surface area contributed by atoms with Gasteiger partial charge in [-0.05, 0) is 17.9 Å². The van der Waals surface area contributed by atoms with E-state index >= 15 is 0 Å². The minimum atomic E-state index is -0.931. The fourth-order valence-corrected chi connectivity index (χ4v) is 2.25. The van der Waals surface area contributed by atoms with Gasteiger partial charge in [0.15, 0.2) is 0 Å². The quantitative estimate of drug-likeness (QED) is 0.474. The summed E-state index contributed by atoms with van der Waals surface area (Å²) < 4.78 is 0. The number of carboxylic acids is 1. The molecule has 0 saturated carbocycles. The second-order valence-corrected chi connectivity index (χ2v) is 4.77. The van der Waals surface area contributed by atoms with Crippen molar-refractivity contribution in [2.45, 2.75) is 39.0 Å². The highest BCUT2D eigenvalue weighted by atomic mass is 32.1. The van der Waals surface area contributed by atoms with Crippen LogP contribution in [0.15, 0.2) is 16.8 Å². The van der Waals surface area contributed by atoms with E-state index in [1.54, 1.807) is 17.4 Å².